The van der Waals surface area contributed by atoms with Gasteiger partial charge in [-0.25, -0.2) is 8.42 Å². The van der Waals surface area contributed by atoms with Gasteiger partial charge in [-0.2, -0.15) is 0 Å². The van der Waals surface area contributed by atoms with E-state index in [0.29, 0.717) is 10.7 Å². The Hall–Kier alpha value is -2.58. The van der Waals surface area contributed by atoms with Gasteiger partial charge in [0.2, 0.25) is 21.8 Å². The molecule has 0 saturated heterocycles. The van der Waals surface area contributed by atoms with Crippen LogP contribution in [0.1, 0.15) is 49.3 Å². The van der Waals surface area contributed by atoms with E-state index in [1.165, 1.54) is 4.90 Å². The topological polar surface area (TPSA) is 86.8 Å². The van der Waals surface area contributed by atoms with Crippen LogP contribution in [0, 0.1) is 13.8 Å². The van der Waals surface area contributed by atoms with Crippen molar-refractivity contribution < 1.29 is 18.0 Å². The fraction of sp³-hybridized carbons (Fsp3) is 0.462. The van der Waals surface area contributed by atoms with Gasteiger partial charge in [0.15, 0.2) is 0 Å². The van der Waals surface area contributed by atoms with Crippen LogP contribution in [0.25, 0.3) is 0 Å². The summed E-state index contributed by atoms with van der Waals surface area (Å²) in [5, 5.41) is 3.57. The Morgan fingerprint density at radius 2 is 1.77 bits per heavy atom. The van der Waals surface area contributed by atoms with E-state index in [2.05, 4.69) is 5.32 Å². The zero-order valence-electron chi connectivity index (χ0n) is 20.8. The van der Waals surface area contributed by atoms with Gasteiger partial charge in [-0.3, -0.25) is 13.9 Å². The summed E-state index contributed by atoms with van der Waals surface area (Å²) in [6, 6.07) is 11.7. The largest absolute Gasteiger partial charge is 0.352 e. The third-order valence-corrected chi connectivity index (χ3v) is 7.94. The molecule has 190 valence electrons. The first-order valence-electron chi connectivity index (χ1n) is 11.8. The first-order chi connectivity index (χ1) is 16.5. The number of amides is 2. The molecule has 7 nitrogen and oxygen atoms in total. The number of benzene rings is 2. The van der Waals surface area contributed by atoms with Gasteiger partial charge < -0.3 is 10.2 Å². The van der Waals surface area contributed by atoms with E-state index >= 15 is 0 Å². The van der Waals surface area contributed by atoms with E-state index in [-0.39, 0.29) is 18.5 Å². The molecule has 0 radical (unpaired) electrons. The van der Waals surface area contributed by atoms with Crippen LogP contribution in [0.15, 0.2) is 42.5 Å². The zero-order valence-corrected chi connectivity index (χ0v) is 22.3. The molecule has 1 saturated carbocycles. The molecule has 1 aliphatic rings. The fourth-order valence-electron chi connectivity index (χ4n) is 4.30. The predicted octanol–water partition coefficient (Wildman–Crippen LogP) is 4.20. The Labute approximate surface area is 213 Å². The Bertz CT molecular complexity index is 1180. The highest BCUT2D eigenvalue weighted by atomic mass is 35.5. The molecule has 3 rings (SSSR count). The Morgan fingerprint density at radius 1 is 1.09 bits per heavy atom. The third kappa shape index (κ3) is 7.21. The highest BCUT2D eigenvalue weighted by molar-refractivity contribution is 7.92. The first-order valence-corrected chi connectivity index (χ1v) is 14.1. The molecule has 1 fully saturated rings. The molecule has 35 heavy (non-hydrogen) atoms. The summed E-state index contributed by atoms with van der Waals surface area (Å²) in [6.07, 6.45) is 5.07. The maximum Gasteiger partial charge on any atom is 0.244 e. The van der Waals surface area contributed by atoms with Crippen LogP contribution in [-0.4, -0.2) is 50.0 Å². The monoisotopic (exact) mass is 519 g/mol. The van der Waals surface area contributed by atoms with Gasteiger partial charge in [0.1, 0.15) is 12.6 Å². The van der Waals surface area contributed by atoms with E-state index in [0.717, 1.165) is 52.9 Å². The summed E-state index contributed by atoms with van der Waals surface area (Å²) in [6.45, 7) is 5.22. The average molecular weight is 520 g/mol. The number of sulfonamides is 1. The van der Waals surface area contributed by atoms with E-state index in [9.17, 15) is 18.0 Å². The second-order valence-corrected chi connectivity index (χ2v) is 11.7. The molecule has 1 N–H and O–H groups in total. The Morgan fingerprint density at radius 3 is 2.37 bits per heavy atom. The molecule has 0 spiro atoms. The van der Waals surface area contributed by atoms with Crippen molar-refractivity contribution in [2.24, 2.45) is 0 Å². The number of nitrogens with one attached hydrogen (secondary N) is 1. The Balaban J connectivity index is 1.89. The van der Waals surface area contributed by atoms with Gasteiger partial charge in [0.25, 0.3) is 0 Å². The van der Waals surface area contributed by atoms with Crippen molar-refractivity contribution in [1.82, 2.24) is 10.2 Å². The van der Waals surface area contributed by atoms with Crippen molar-refractivity contribution in [2.45, 2.75) is 65.1 Å². The van der Waals surface area contributed by atoms with Crippen molar-refractivity contribution in [3.8, 4) is 0 Å². The zero-order chi connectivity index (χ0) is 25.8. The molecule has 1 atom stereocenters. The van der Waals surface area contributed by atoms with Crippen molar-refractivity contribution >= 4 is 39.1 Å². The number of anilines is 1. The fourth-order valence-corrected chi connectivity index (χ4v) is 5.36. The van der Waals surface area contributed by atoms with Gasteiger partial charge in [-0.1, -0.05) is 42.6 Å². The van der Waals surface area contributed by atoms with Crippen LogP contribution in [-0.2, 0) is 26.2 Å². The minimum Gasteiger partial charge on any atom is -0.352 e. The number of hydrogen-bond acceptors (Lipinski definition) is 4. The SMILES string of the molecule is Cc1ccc(N(CC(=O)N(Cc2cccc(Cl)c2)C(C)C(=O)NC2CCCC2)S(C)(=O)=O)cc1C. The molecular formula is C26H34ClN3O4S. The van der Waals surface area contributed by atoms with Gasteiger partial charge in [-0.15, -0.1) is 0 Å². The minimum absolute atomic E-state index is 0.108. The van der Waals surface area contributed by atoms with Crippen molar-refractivity contribution in [3.63, 3.8) is 0 Å². The number of aryl methyl sites for hydroxylation is 2. The molecule has 1 aliphatic carbocycles. The maximum atomic E-state index is 13.6. The van der Waals surface area contributed by atoms with Gasteiger partial charge in [-0.05, 0) is 74.6 Å². The smallest absolute Gasteiger partial charge is 0.244 e. The van der Waals surface area contributed by atoms with Crippen LogP contribution in [0.5, 0.6) is 0 Å². The normalized spacial score (nSPS) is 15.0. The summed E-state index contributed by atoms with van der Waals surface area (Å²) in [5.41, 5.74) is 3.11. The lowest BCUT2D eigenvalue weighted by atomic mass is 10.1. The number of carbonyl (C=O) groups excluding carboxylic acids is 2. The van der Waals surface area contributed by atoms with Crippen LogP contribution in [0.4, 0.5) is 5.69 Å². The molecule has 0 aromatic heterocycles. The summed E-state index contributed by atoms with van der Waals surface area (Å²) < 4.78 is 26.5. The third-order valence-electron chi connectivity index (χ3n) is 6.57. The van der Waals surface area contributed by atoms with Crippen LogP contribution in [0.3, 0.4) is 0 Å². The lowest BCUT2D eigenvalue weighted by Gasteiger charge is -2.32. The van der Waals surface area contributed by atoms with Crippen molar-refractivity contribution in [3.05, 3.63) is 64.2 Å². The number of rotatable bonds is 9. The van der Waals surface area contributed by atoms with Crippen LogP contribution in [0.2, 0.25) is 5.02 Å². The van der Waals surface area contributed by atoms with Crippen LogP contribution >= 0.6 is 11.6 Å². The molecule has 2 aromatic rings. The summed E-state index contributed by atoms with van der Waals surface area (Å²) >= 11 is 6.14. The second-order valence-electron chi connectivity index (χ2n) is 9.36. The Kier molecular flexibility index (Phi) is 8.83. The molecule has 2 amide bonds. The van der Waals surface area contributed by atoms with Crippen LogP contribution < -0.4 is 9.62 Å². The van der Waals surface area contributed by atoms with Gasteiger partial charge in [0.05, 0.1) is 11.9 Å². The summed E-state index contributed by atoms with van der Waals surface area (Å²) in [4.78, 5) is 28.1. The molecule has 9 heteroatoms. The second kappa shape index (κ2) is 11.4. The molecule has 1 unspecified atom stereocenters. The highest BCUT2D eigenvalue weighted by Crippen LogP contribution is 2.23. The van der Waals surface area contributed by atoms with Crippen molar-refractivity contribution in [2.75, 3.05) is 17.1 Å². The van der Waals surface area contributed by atoms with Gasteiger partial charge >= 0.3 is 0 Å². The maximum absolute atomic E-state index is 13.6. The number of nitrogens with zero attached hydrogens (tertiary/aromatic N) is 2. The number of hydrogen-bond donors (Lipinski definition) is 1. The molecule has 0 heterocycles. The van der Waals surface area contributed by atoms with E-state index in [1.54, 1.807) is 37.3 Å². The molecule has 0 bridgehead atoms. The standard InChI is InChI=1S/C26H34ClN3O4S/c1-18-12-13-24(14-19(18)2)30(35(4,33)34)17-25(31)29(16-21-8-7-9-22(27)15-21)20(3)26(32)28-23-10-5-6-11-23/h7-9,12-15,20,23H,5-6,10-11,16-17H2,1-4H3,(H,28,32). The molecule has 2 aromatic carbocycles. The highest BCUT2D eigenvalue weighted by Gasteiger charge is 2.31. The van der Waals surface area contributed by atoms with E-state index < -0.39 is 28.5 Å². The van der Waals surface area contributed by atoms with Crippen molar-refractivity contribution in [1.29, 1.82) is 0 Å². The van der Waals surface area contributed by atoms with Gasteiger partial charge in [0, 0.05) is 17.6 Å². The predicted molar refractivity (Wildman–Crippen MR) is 140 cm³/mol. The lowest BCUT2D eigenvalue weighted by Crippen LogP contribution is -2.52. The molecular weight excluding hydrogens is 486 g/mol. The summed E-state index contributed by atoms with van der Waals surface area (Å²) in [5.74, 6) is -0.716. The number of halogens is 1. The quantitative estimate of drug-likeness (QED) is 0.538. The van der Waals surface area contributed by atoms with E-state index in [4.69, 9.17) is 11.6 Å². The first kappa shape index (κ1) is 27.0. The summed E-state index contributed by atoms with van der Waals surface area (Å²) in [7, 11) is -3.76. The lowest BCUT2D eigenvalue weighted by molar-refractivity contribution is -0.139. The number of carbonyl (C=O) groups is 2. The average Bonchev–Trinajstić information content (AvgIpc) is 3.29. The van der Waals surface area contributed by atoms with E-state index in [1.807, 2.05) is 26.0 Å². The minimum atomic E-state index is -3.76. The molecule has 0 aliphatic heterocycles.